The van der Waals surface area contributed by atoms with Crippen LogP contribution in [0.2, 0.25) is 5.02 Å². The molecule has 0 spiro atoms. The van der Waals surface area contributed by atoms with Crippen LogP contribution in [0.25, 0.3) is 0 Å². The zero-order valence-electron chi connectivity index (χ0n) is 6.88. The first kappa shape index (κ1) is 9.61. The van der Waals surface area contributed by atoms with Gasteiger partial charge >= 0.3 is 0 Å². The summed E-state index contributed by atoms with van der Waals surface area (Å²) in [5, 5.41) is 0.653. The summed E-state index contributed by atoms with van der Waals surface area (Å²) in [6.07, 6.45) is 1.18. The summed E-state index contributed by atoms with van der Waals surface area (Å²) < 4.78 is 0. The summed E-state index contributed by atoms with van der Waals surface area (Å²) in [6.45, 7) is 3.31. The fraction of sp³-hybridized carbons (Fsp3) is 0. The Morgan fingerprint density at radius 3 is 2.54 bits per heavy atom. The van der Waals surface area contributed by atoms with Crippen LogP contribution in [-0.2, 0) is 4.79 Å². The normalized spacial score (nSPS) is 9.00. The second kappa shape index (κ2) is 4.52. The molecule has 1 rings (SSSR count). The van der Waals surface area contributed by atoms with Gasteiger partial charge in [0, 0.05) is 5.02 Å². The van der Waals surface area contributed by atoms with Gasteiger partial charge in [0.25, 0.3) is 5.91 Å². The van der Waals surface area contributed by atoms with Crippen LogP contribution in [0.5, 0.6) is 0 Å². The van der Waals surface area contributed by atoms with Crippen molar-refractivity contribution in [3.05, 3.63) is 41.9 Å². The number of halogens is 1. The van der Waals surface area contributed by atoms with Gasteiger partial charge in [-0.2, -0.15) is 0 Å². The summed E-state index contributed by atoms with van der Waals surface area (Å²) >= 11 is 5.67. The Labute approximate surface area is 81.4 Å². The molecular formula is C9H9ClN2O. The number of hydrazine groups is 1. The van der Waals surface area contributed by atoms with Gasteiger partial charge in [0.1, 0.15) is 0 Å². The average molecular weight is 197 g/mol. The van der Waals surface area contributed by atoms with Crippen molar-refractivity contribution in [2.45, 2.75) is 0 Å². The van der Waals surface area contributed by atoms with E-state index < -0.39 is 0 Å². The van der Waals surface area contributed by atoms with Crippen LogP contribution in [0.3, 0.4) is 0 Å². The van der Waals surface area contributed by atoms with Crippen molar-refractivity contribution in [3.8, 4) is 0 Å². The third-order valence-electron chi connectivity index (χ3n) is 1.36. The molecule has 0 saturated carbocycles. The molecule has 0 saturated heterocycles. The fourth-order valence-electron chi connectivity index (χ4n) is 0.718. The minimum atomic E-state index is -0.282. The van der Waals surface area contributed by atoms with Gasteiger partial charge in [0.2, 0.25) is 0 Å². The molecule has 0 aromatic heterocycles. The van der Waals surface area contributed by atoms with Crippen molar-refractivity contribution < 1.29 is 4.79 Å². The maximum atomic E-state index is 10.7. The lowest BCUT2D eigenvalue weighted by molar-refractivity contribution is -0.116. The van der Waals surface area contributed by atoms with Crippen LogP contribution in [0.1, 0.15) is 0 Å². The van der Waals surface area contributed by atoms with Gasteiger partial charge in [-0.05, 0) is 30.3 Å². The molecule has 0 aliphatic rings. The summed E-state index contributed by atoms with van der Waals surface area (Å²) in [4.78, 5) is 10.7. The van der Waals surface area contributed by atoms with Crippen LogP contribution < -0.4 is 10.9 Å². The number of hydrogen-bond acceptors (Lipinski definition) is 2. The Balaban J connectivity index is 2.50. The van der Waals surface area contributed by atoms with E-state index >= 15 is 0 Å². The molecule has 13 heavy (non-hydrogen) atoms. The van der Waals surface area contributed by atoms with E-state index in [2.05, 4.69) is 17.4 Å². The minimum Gasteiger partial charge on any atom is -0.298 e. The highest BCUT2D eigenvalue weighted by molar-refractivity contribution is 6.30. The van der Waals surface area contributed by atoms with Crippen molar-refractivity contribution in [2.24, 2.45) is 0 Å². The average Bonchev–Trinajstić information content (AvgIpc) is 2.16. The Bertz CT molecular complexity index is 308. The molecule has 0 unspecified atom stereocenters. The standard InChI is InChI=1S/C9H9ClN2O/c1-2-9(13)12-11-8-5-3-7(10)4-6-8/h2-6,11H,1H2,(H,12,13). The number of carbonyl (C=O) groups is 1. The predicted molar refractivity (Wildman–Crippen MR) is 53.4 cm³/mol. The quantitative estimate of drug-likeness (QED) is 0.573. The third-order valence-corrected chi connectivity index (χ3v) is 1.61. The molecule has 1 amide bonds. The smallest absolute Gasteiger partial charge is 0.261 e. The van der Waals surface area contributed by atoms with Crippen LogP contribution >= 0.6 is 11.6 Å². The number of hydrogen-bond donors (Lipinski definition) is 2. The van der Waals surface area contributed by atoms with Gasteiger partial charge in [0.05, 0.1) is 5.69 Å². The molecule has 0 aliphatic carbocycles. The first-order chi connectivity index (χ1) is 6.22. The minimum absolute atomic E-state index is 0.282. The molecule has 68 valence electrons. The highest BCUT2D eigenvalue weighted by Crippen LogP contribution is 2.12. The molecule has 1 aromatic carbocycles. The number of amides is 1. The SMILES string of the molecule is C=CC(=O)NNc1ccc(Cl)cc1. The molecule has 1 aromatic rings. The first-order valence-corrected chi connectivity index (χ1v) is 4.04. The monoisotopic (exact) mass is 196 g/mol. The Hall–Kier alpha value is -1.48. The molecule has 0 atom stereocenters. The summed E-state index contributed by atoms with van der Waals surface area (Å²) in [6, 6.07) is 6.96. The van der Waals surface area contributed by atoms with Crippen molar-refractivity contribution in [2.75, 3.05) is 5.43 Å². The Morgan fingerprint density at radius 1 is 1.38 bits per heavy atom. The number of nitrogens with one attached hydrogen (secondary N) is 2. The predicted octanol–water partition coefficient (Wildman–Crippen LogP) is 1.97. The number of anilines is 1. The molecule has 3 nitrogen and oxygen atoms in total. The number of carbonyl (C=O) groups excluding carboxylic acids is 1. The second-order valence-corrected chi connectivity index (χ2v) is 2.76. The van der Waals surface area contributed by atoms with Gasteiger partial charge < -0.3 is 0 Å². The largest absolute Gasteiger partial charge is 0.298 e. The molecule has 2 N–H and O–H groups in total. The lowest BCUT2D eigenvalue weighted by Crippen LogP contribution is -2.27. The zero-order chi connectivity index (χ0) is 9.68. The Kier molecular flexibility index (Phi) is 3.34. The molecular weight excluding hydrogens is 188 g/mol. The number of rotatable bonds is 3. The molecule has 4 heteroatoms. The topological polar surface area (TPSA) is 41.1 Å². The lowest BCUT2D eigenvalue weighted by atomic mass is 10.3. The van der Waals surface area contributed by atoms with Gasteiger partial charge in [0.15, 0.2) is 0 Å². The molecule has 0 fully saturated rings. The van der Waals surface area contributed by atoms with Crippen LogP contribution in [-0.4, -0.2) is 5.91 Å². The second-order valence-electron chi connectivity index (χ2n) is 2.33. The van der Waals surface area contributed by atoms with E-state index in [0.29, 0.717) is 5.02 Å². The van der Waals surface area contributed by atoms with Crippen LogP contribution in [0.4, 0.5) is 5.69 Å². The van der Waals surface area contributed by atoms with Gasteiger partial charge in [-0.1, -0.05) is 18.2 Å². The van der Waals surface area contributed by atoms with Gasteiger partial charge in [-0.3, -0.25) is 15.6 Å². The van der Waals surface area contributed by atoms with Crippen molar-refractivity contribution in [1.82, 2.24) is 5.43 Å². The summed E-state index contributed by atoms with van der Waals surface area (Å²) in [7, 11) is 0. The van der Waals surface area contributed by atoms with E-state index in [4.69, 9.17) is 11.6 Å². The molecule has 0 heterocycles. The highest BCUT2D eigenvalue weighted by atomic mass is 35.5. The maximum Gasteiger partial charge on any atom is 0.261 e. The van der Waals surface area contributed by atoms with Gasteiger partial charge in [-0.25, -0.2) is 0 Å². The third kappa shape index (κ3) is 3.17. The maximum absolute atomic E-state index is 10.7. The highest BCUT2D eigenvalue weighted by Gasteiger charge is 1.93. The van der Waals surface area contributed by atoms with Gasteiger partial charge in [-0.15, -0.1) is 0 Å². The molecule has 0 radical (unpaired) electrons. The van der Waals surface area contributed by atoms with Crippen molar-refractivity contribution in [1.29, 1.82) is 0 Å². The van der Waals surface area contributed by atoms with E-state index in [1.807, 2.05) is 0 Å². The lowest BCUT2D eigenvalue weighted by Gasteiger charge is -2.05. The number of benzene rings is 1. The first-order valence-electron chi connectivity index (χ1n) is 3.66. The van der Waals surface area contributed by atoms with Crippen LogP contribution in [0, 0.1) is 0 Å². The fourth-order valence-corrected chi connectivity index (χ4v) is 0.844. The van der Waals surface area contributed by atoms with E-state index in [0.717, 1.165) is 5.69 Å². The zero-order valence-corrected chi connectivity index (χ0v) is 7.64. The molecule has 0 bridgehead atoms. The van der Waals surface area contributed by atoms with E-state index in [9.17, 15) is 4.79 Å². The van der Waals surface area contributed by atoms with Crippen molar-refractivity contribution in [3.63, 3.8) is 0 Å². The van der Waals surface area contributed by atoms with E-state index in [1.54, 1.807) is 24.3 Å². The summed E-state index contributed by atoms with van der Waals surface area (Å²) in [5.41, 5.74) is 5.87. The van der Waals surface area contributed by atoms with E-state index in [-0.39, 0.29) is 5.91 Å². The van der Waals surface area contributed by atoms with Crippen LogP contribution in [0.15, 0.2) is 36.9 Å². The van der Waals surface area contributed by atoms with Crippen molar-refractivity contribution >= 4 is 23.2 Å². The van der Waals surface area contributed by atoms with E-state index in [1.165, 1.54) is 6.08 Å². The molecule has 0 aliphatic heterocycles. The summed E-state index contributed by atoms with van der Waals surface area (Å²) in [5.74, 6) is -0.282. The Morgan fingerprint density at radius 2 is 2.00 bits per heavy atom.